The van der Waals surface area contributed by atoms with E-state index in [-0.39, 0.29) is 6.61 Å². The fourth-order valence-electron chi connectivity index (χ4n) is 1.51. The van der Waals surface area contributed by atoms with Crippen molar-refractivity contribution in [2.75, 3.05) is 13.2 Å². The molecule has 1 N–H and O–H groups in total. The first-order valence-corrected chi connectivity index (χ1v) is 6.31. The van der Waals surface area contributed by atoms with E-state index in [1.807, 2.05) is 18.2 Å². The number of hydrogen-bond donors (Lipinski definition) is 1. The van der Waals surface area contributed by atoms with E-state index >= 15 is 0 Å². The molecule has 0 amide bonds. The van der Waals surface area contributed by atoms with Gasteiger partial charge in [-0.25, -0.2) is 0 Å². The Bertz CT molecular complexity index is 293. The van der Waals surface area contributed by atoms with Crippen molar-refractivity contribution in [3.63, 3.8) is 0 Å². The minimum Gasteiger partial charge on any atom is -0.396 e. The van der Waals surface area contributed by atoms with Crippen LogP contribution in [0.25, 0.3) is 0 Å². The molecule has 0 spiro atoms. The van der Waals surface area contributed by atoms with Gasteiger partial charge in [-0.2, -0.15) is 0 Å². The Morgan fingerprint density at radius 1 is 1.00 bits per heavy atom. The average Bonchev–Trinajstić information content (AvgIpc) is 2.38. The van der Waals surface area contributed by atoms with Gasteiger partial charge in [0.2, 0.25) is 0 Å². The molecule has 0 bridgehead atoms. The van der Waals surface area contributed by atoms with Gasteiger partial charge in [-0.1, -0.05) is 42.5 Å². The topological polar surface area (TPSA) is 29.5 Å². The summed E-state index contributed by atoms with van der Waals surface area (Å²) in [5, 5.41) is 8.59. The SMILES string of the molecule is OCCC/C=C/CCCOCc1ccccc1. The molecule has 0 aliphatic heterocycles. The molecule has 0 fully saturated rings. The summed E-state index contributed by atoms with van der Waals surface area (Å²) >= 11 is 0. The molecule has 94 valence electrons. The van der Waals surface area contributed by atoms with Crippen LogP contribution < -0.4 is 0 Å². The summed E-state index contributed by atoms with van der Waals surface area (Å²) in [5.74, 6) is 0. The molecule has 0 saturated carbocycles. The quantitative estimate of drug-likeness (QED) is 0.524. The monoisotopic (exact) mass is 234 g/mol. The van der Waals surface area contributed by atoms with Gasteiger partial charge >= 0.3 is 0 Å². The number of ether oxygens (including phenoxy) is 1. The van der Waals surface area contributed by atoms with Gasteiger partial charge in [-0.05, 0) is 31.2 Å². The van der Waals surface area contributed by atoms with Crippen LogP contribution in [0.2, 0.25) is 0 Å². The lowest BCUT2D eigenvalue weighted by molar-refractivity contribution is 0.119. The zero-order chi connectivity index (χ0) is 12.2. The second-order valence-electron chi connectivity index (χ2n) is 4.02. The van der Waals surface area contributed by atoms with E-state index < -0.39 is 0 Å². The maximum absolute atomic E-state index is 8.59. The van der Waals surface area contributed by atoms with E-state index in [0.29, 0.717) is 6.61 Å². The average molecular weight is 234 g/mol. The lowest BCUT2D eigenvalue weighted by atomic mass is 10.2. The maximum Gasteiger partial charge on any atom is 0.0716 e. The first-order valence-electron chi connectivity index (χ1n) is 6.31. The normalized spacial score (nSPS) is 11.1. The number of hydrogen-bond acceptors (Lipinski definition) is 2. The molecule has 0 aliphatic rings. The summed E-state index contributed by atoms with van der Waals surface area (Å²) in [4.78, 5) is 0. The highest BCUT2D eigenvalue weighted by atomic mass is 16.5. The Balaban J connectivity index is 1.93. The van der Waals surface area contributed by atoms with E-state index in [1.165, 1.54) is 5.56 Å². The molecule has 0 aliphatic carbocycles. The maximum atomic E-state index is 8.59. The Morgan fingerprint density at radius 3 is 2.41 bits per heavy atom. The Morgan fingerprint density at radius 2 is 1.71 bits per heavy atom. The van der Waals surface area contributed by atoms with E-state index in [1.54, 1.807) is 0 Å². The third kappa shape index (κ3) is 7.72. The van der Waals surface area contributed by atoms with Crippen LogP contribution in [-0.4, -0.2) is 18.3 Å². The number of aliphatic hydroxyl groups is 1. The second-order valence-corrected chi connectivity index (χ2v) is 4.02. The smallest absolute Gasteiger partial charge is 0.0716 e. The fourth-order valence-corrected chi connectivity index (χ4v) is 1.51. The molecular formula is C15H22O2. The number of aliphatic hydroxyl groups excluding tert-OH is 1. The van der Waals surface area contributed by atoms with E-state index in [4.69, 9.17) is 9.84 Å². The molecule has 0 heterocycles. The van der Waals surface area contributed by atoms with E-state index in [0.717, 1.165) is 32.3 Å². The predicted molar refractivity (Wildman–Crippen MR) is 70.8 cm³/mol. The van der Waals surface area contributed by atoms with Crippen LogP contribution in [0, 0.1) is 0 Å². The summed E-state index contributed by atoms with van der Waals surface area (Å²) in [7, 11) is 0. The number of benzene rings is 1. The van der Waals surface area contributed by atoms with E-state index in [2.05, 4.69) is 24.3 Å². The van der Waals surface area contributed by atoms with Crippen LogP contribution in [-0.2, 0) is 11.3 Å². The summed E-state index contributed by atoms with van der Waals surface area (Å²) < 4.78 is 5.57. The van der Waals surface area contributed by atoms with E-state index in [9.17, 15) is 0 Å². The molecule has 0 atom stereocenters. The molecule has 2 nitrogen and oxygen atoms in total. The van der Waals surface area contributed by atoms with Crippen molar-refractivity contribution in [2.24, 2.45) is 0 Å². The van der Waals surface area contributed by atoms with Crippen LogP contribution in [0.5, 0.6) is 0 Å². The Kier molecular flexibility index (Phi) is 8.25. The standard InChI is InChI=1S/C15H22O2/c16-12-8-3-1-2-4-9-13-17-14-15-10-6-5-7-11-15/h1-2,5-7,10-11,16H,3-4,8-9,12-14H2/b2-1+. The van der Waals surface area contributed by atoms with Crippen molar-refractivity contribution < 1.29 is 9.84 Å². The van der Waals surface area contributed by atoms with Gasteiger partial charge in [0.1, 0.15) is 0 Å². The molecule has 0 radical (unpaired) electrons. The highest BCUT2D eigenvalue weighted by molar-refractivity contribution is 5.13. The number of rotatable bonds is 9. The van der Waals surface area contributed by atoms with Crippen molar-refractivity contribution in [3.8, 4) is 0 Å². The lowest BCUT2D eigenvalue weighted by Crippen LogP contribution is -1.94. The molecule has 0 saturated heterocycles. The summed E-state index contributed by atoms with van der Waals surface area (Å²) in [6, 6.07) is 10.2. The van der Waals surface area contributed by atoms with Crippen molar-refractivity contribution >= 4 is 0 Å². The molecule has 2 heteroatoms. The zero-order valence-electron chi connectivity index (χ0n) is 10.3. The second kappa shape index (κ2) is 10.1. The zero-order valence-corrected chi connectivity index (χ0v) is 10.3. The third-order valence-corrected chi connectivity index (χ3v) is 2.47. The van der Waals surface area contributed by atoms with Crippen molar-refractivity contribution in [1.29, 1.82) is 0 Å². The molecule has 1 rings (SSSR count). The molecule has 1 aromatic carbocycles. The van der Waals surface area contributed by atoms with Crippen LogP contribution in [0.3, 0.4) is 0 Å². The Labute approximate surface area is 104 Å². The first-order chi connectivity index (χ1) is 8.43. The summed E-state index contributed by atoms with van der Waals surface area (Å²) in [6.07, 6.45) is 8.25. The summed E-state index contributed by atoms with van der Waals surface area (Å²) in [5.41, 5.74) is 1.23. The molecular weight excluding hydrogens is 212 g/mol. The molecule has 1 aromatic rings. The molecule has 0 aromatic heterocycles. The predicted octanol–water partition coefficient (Wildman–Crippen LogP) is 3.31. The highest BCUT2D eigenvalue weighted by Crippen LogP contribution is 2.02. The minimum atomic E-state index is 0.282. The van der Waals surface area contributed by atoms with Gasteiger partial charge in [0, 0.05) is 13.2 Å². The van der Waals surface area contributed by atoms with Crippen LogP contribution in [0.1, 0.15) is 31.2 Å². The van der Waals surface area contributed by atoms with Crippen molar-refractivity contribution in [3.05, 3.63) is 48.0 Å². The lowest BCUT2D eigenvalue weighted by Gasteiger charge is -2.02. The van der Waals surface area contributed by atoms with Crippen molar-refractivity contribution in [1.82, 2.24) is 0 Å². The largest absolute Gasteiger partial charge is 0.396 e. The fraction of sp³-hybridized carbons (Fsp3) is 0.467. The molecule has 0 unspecified atom stereocenters. The number of allylic oxidation sites excluding steroid dienone is 2. The first kappa shape index (κ1) is 13.9. The van der Waals surface area contributed by atoms with Crippen LogP contribution in [0.4, 0.5) is 0 Å². The Hall–Kier alpha value is -1.12. The van der Waals surface area contributed by atoms with Gasteiger partial charge in [0.15, 0.2) is 0 Å². The van der Waals surface area contributed by atoms with Crippen LogP contribution >= 0.6 is 0 Å². The minimum absolute atomic E-state index is 0.282. The van der Waals surface area contributed by atoms with Gasteiger partial charge in [-0.3, -0.25) is 0 Å². The third-order valence-electron chi connectivity index (χ3n) is 2.47. The molecule has 17 heavy (non-hydrogen) atoms. The summed E-state index contributed by atoms with van der Waals surface area (Å²) in [6.45, 7) is 1.79. The van der Waals surface area contributed by atoms with Gasteiger partial charge < -0.3 is 9.84 Å². The van der Waals surface area contributed by atoms with Gasteiger partial charge in [-0.15, -0.1) is 0 Å². The number of unbranched alkanes of at least 4 members (excludes halogenated alkanes) is 2. The van der Waals surface area contributed by atoms with Crippen molar-refractivity contribution in [2.45, 2.75) is 32.3 Å². The van der Waals surface area contributed by atoms with Gasteiger partial charge in [0.05, 0.1) is 6.61 Å². The van der Waals surface area contributed by atoms with Gasteiger partial charge in [0.25, 0.3) is 0 Å². The highest BCUT2D eigenvalue weighted by Gasteiger charge is 1.91. The van der Waals surface area contributed by atoms with Crippen LogP contribution in [0.15, 0.2) is 42.5 Å².